The van der Waals surface area contributed by atoms with Crippen molar-refractivity contribution in [3.63, 3.8) is 0 Å². The molecule has 5 rings (SSSR count). The molecule has 0 spiro atoms. The zero-order valence-electron chi connectivity index (χ0n) is 22.7. The van der Waals surface area contributed by atoms with Gasteiger partial charge in [-0.05, 0) is 48.2 Å². The van der Waals surface area contributed by atoms with Crippen LogP contribution >= 0.6 is 0 Å². The Hall–Kier alpha value is -3.01. The number of aliphatic hydroxyl groups excluding tert-OH is 1. The van der Waals surface area contributed by atoms with E-state index in [-0.39, 0.29) is 23.7 Å². The third kappa shape index (κ3) is 7.00. The molecule has 3 atom stereocenters. The van der Waals surface area contributed by atoms with E-state index < -0.39 is 16.3 Å². The van der Waals surface area contributed by atoms with Gasteiger partial charge in [-0.1, -0.05) is 73.5 Å². The molecule has 2 N–H and O–H groups in total. The number of aliphatic hydroxyl groups is 1. The van der Waals surface area contributed by atoms with Crippen molar-refractivity contribution in [3.05, 3.63) is 108 Å². The summed E-state index contributed by atoms with van der Waals surface area (Å²) in [7, 11) is -3.73. The fourth-order valence-corrected chi connectivity index (χ4v) is 6.74. The molecule has 0 radical (unpaired) electrons. The molecule has 0 aromatic heterocycles. The zero-order chi connectivity index (χ0) is 28.0. The molecule has 1 aliphatic carbocycles. The summed E-state index contributed by atoms with van der Waals surface area (Å²) in [6.45, 7) is 5.55. The second kappa shape index (κ2) is 13.1. The summed E-state index contributed by atoms with van der Waals surface area (Å²) >= 11 is 0. The molecule has 1 saturated carbocycles. The first kappa shape index (κ1) is 28.5. The molecule has 7 nitrogen and oxygen atoms in total. The van der Waals surface area contributed by atoms with Crippen LogP contribution in [0.25, 0.3) is 0 Å². The van der Waals surface area contributed by atoms with Crippen molar-refractivity contribution in [2.45, 2.75) is 68.1 Å². The van der Waals surface area contributed by atoms with Gasteiger partial charge in [-0.15, -0.1) is 6.58 Å². The summed E-state index contributed by atoms with van der Waals surface area (Å²) in [6, 6.07) is 23.9. The Morgan fingerprint density at radius 2 is 1.70 bits per heavy atom. The van der Waals surface area contributed by atoms with Crippen molar-refractivity contribution in [1.29, 1.82) is 0 Å². The number of hydrogen-bond donors (Lipinski definition) is 2. The first-order valence-electron chi connectivity index (χ1n) is 14.0. The monoisotopic (exact) mass is 562 g/mol. The largest absolute Gasteiger partial charge is 0.392 e. The minimum atomic E-state index is -3.73. The van der Waals surface area contributed by atoms with Gasteiger partial charge < -0.3 is 14.6 Å². The summed E-state index contributed by atoms with van der Waals surface area (Å²) in [5.41, 5.74) is 3.05. The van der Waals surface area contributed by atoms with E-state index in [2.05, 4.69) is 16.2 Å². The Kier molecular flexibility index (Phi) is 9.34. The van der Waals surface area contributed by atoms with Gasteiger partial charge in [-0.25, -0.2) is 8.42 Å². The normalized spacial score (nSPS) is 21.9. The Morgan fingerprint density at radius 1 is 0.950 bits per heavy atom. The number of anilines is 1. The molecule has 0 bridgehead atoms. The van der Waals surface area contributed by atoms with E-state index in [0.29, 0.717) is 18.2 Å². The van der Waals surface area contributed by atoms with E-state index >= 15 is 0 Å². The van der Waals surface area contributed by atoms with Crippen LogP contribution in [-0.4, -0.2) is 43.7 Å². The van der Waals surface area contributed by atoms with E-state index in [0.717, 1.165) is 29.8 Å². The van der Waals surface area contributed by atoms with Crippen molar-refractivity contribution in [2.24, 2.45) is 0 Å². The zero-order valence-corrected chi connectivity index (χ0v) is 23.5. The van der Waals surface area contributed by atoms with Gasteiger partial charge in [0.05, 0.1) is 23.7 Å². The lowest BCUT2D eigenvalue weighted by Gasteiger charge is -2.39. The van der Waals surface area contributed by atoms with Crippen LogP contribution in [-0.2, 0) is 26.1 Å². The molecule has 0 unspecified atom stereocenters. The van der Waals surface area contributed by atoms with Crippen LogP contribution in [0.3, 0.4) is 0 Å². The second-order valence-electron chi connectivity index (χ2n) is 10.6. The smallest absolute Gasteiger partial charge is 0.261 e. The molecule has 40 heavy (non-hydrogen) atoms. The Bertz CT molecular complexity index is 1360. The van der Waals surface area contributed by atoms with Crippen molar-refractivity contribution in [2.75, 3.05) is 17.8 Å². The van der Waals surface area contributed by atoms with Gasteiger partial charge >= 0.3 is 0 Å². The minimum absolute atomic E-state index is 0.0102. The van der Waals surface area contributed by atoms with Crippen LogP contribution < -0.4 is 4.72 Å². The number of nitrogens with one attached hydrogen (secondary N) is 1. The van der Waals surface area contributed by atoms with Gasteiger partial charge in [-0.3, -0.25) is 9.62 Å². The number of hydrogen-bond acceptors (Lipinski definition) is 6. The lowest BCUT2D eigenvalue weighted by molar-refractivity contribution is -0.253. The van der Waals surface area contributed by atoms with Gasteiger partial charge in [0.15, 0.2) is 6.29 Å². The third-order valence-electron chi connectivity index (χ3n) is 7.72. The predicted octanol–water partition coefficient (Wildman–Crippen LogP) is 5.96. The van der Waals surface area contributed by atoms with Crippen LogP contribution in [0.15, 0.2) is 96.4 Å². The van der Waals surface area contributed by atoms with E-state index in [4.69, 9.17) is 9.47 Å². The first-order valence-corrected chi connectivity index (χ1v) is 15.5. The van der Waals surface area contributed by atoms with E-state index in [1.807, 2.05) is 42.5 Å². The predicted molar refractivity (Wildman–Crippen MR) is 156 cm³/mol. The minimum Gasteiger partial charge on any atom is -0.392 e. The highest BCUT2D eigenvalue weighted by Crippen LogP contribution is 2.39. The standard InChI is InChI=1S/C32H38N2O5S/c1-2-19-34(28-11-6-7-12-28)22-29-21-31(25-17-15-24(23-35)16-18-25)39-32(38-29)26-9-8-10-27(20-26)33-40(36,37)30-13-4-3-5-14-30/h2-5,8-10,13-18,20,28-29,31-33,35H,1,6-7,11-12,19,21-23H2/t29-,31+,32+/m1/s1. The fraction of sp³-hybridized carbons (Fsp3) is 0.375. The molecular weight excluding hydrogens is 524 g/mol. The Balaban J connectivity index is 1.39. The van der Waals surface area contributed by atoms with E-state index in [1.165, 1.54) is 25.7 Å². The molecule has 8 heteroatoms. The lowest BCUT2D eigenvalue weighted by Crippen LogP contribution is -2.43. The summed E-state index contributed by atoms with van der Waals surface area (Å²) in [6.07, 6.45) is 6.56. The maximum atomic E-state index is 12.9. The molecule has 3 aromatic carbocycles. The molecule has 0 amide bonds. The van der Waals surface area contributed by atoms with Gasteiger partial charge in [0.1, 0.15) is 0 Å². The van der Waals surface area contributed by atoms with Crippen molar-refractivity contribution >= 4 is 15.7 Å². The highest BCUT2D eigenvalue weighted by Gasteiger charge is 2.35. The molecule has 212 valence electrons. The molecule has 2 aliphatic rings. The van der Waals surface area contributed by atoms with Gasteiger partial charge in [0.2, 0.25) is 0 Å². The number of rotatable bonds is 11. The van der Waals surface area contributed by atoms with Gasteiger partial charge in [0.25, 0.3) is 10.0 Å². The first-order chi connectivity index (χ1) is 19.4. The molecular formula is C32H38N2O5S. The van der Waals surface area contributed by atoms with Crippen LogP contribution in [0.5, 0.6) is 0 Å². The highest BCUT2D eigenvalue weighted by atomic mass is 32.2. The van der Waals surface area contributed by atoms with Gasteiger partial charge in [0, 0.05) is 36.8 Å². The fourth-order valence-electron chi connectivity index (χ4n) is 5.66. The van der Waals surface area contributed by atoms with Crippen molar-refractivity contribution in [1.82, 2.24) is 4.90 Å². The molecule has 1 aliphatic heterocycles. The summed E-state index contributed by atoms with van der Waals surface area (Å²) in [4.78, 5) is 2.68. The van der Waals surface area contributed by atoms with E-state index in [1.54, 1.807) is 42.5 Å². The number of ether oxygens (including phenoxy) is 2. The van der Waals surface area contributed by atoms with Crippen molar-refractivity contribution < 1.29 is 23.0 Å². The van der Waals surface area contributed by atoms with Crippen LogP contribution in [0, 0.1) is 0 Å². The summed E-state index contributed by atoms with van der Waals surface area (Å²) in [5.74, 6) is 0. The van der Waals surface area contributed by atoms with Gasteiger partial charge in [-0.2, -0.15) is 0 Å². The number of benzene rings is 3. The van der Waals surface area contributed by atoms with Crippen LogP contribution in [0.1, 0.15) is 61.2 Å². The SMILES string of the molecule is C=CCN(C[C@H]1C[C@@H](c2ccc(CO)cc2)O[C@@H](c2cccc(NS(=O)(=O)c3ccccc3)c2)O1)C1CCCC1. The highest BCUT2D eigenvalue weighted by molar-refractivity contribution is 7.92. The topological polar surface area (TPSA) is 88.1 Å². The number of nitrogens with zero attached hydrogens (tertiary/aromatic N) is 1. The molecule has 2 fully saturated rings. The van der Waals surface area contributed by atoms with Crippen molar-refractivity contribution in [3.8, 4) is 0 Å². The lowest BCUT2D eigenvalue weighted by atomic mass is 9.99. The maximum absolute atomic E-state index is 12.9. The quantitative estimate of drug-likeness (QED) is 0.281. The Labute approximate surface area is 237 Å². The summed E-state index contributed by atoms with van der Waals surface area (Å²) < 4.78 is 41.6. The maximum Gasteiger partial charge on any atom is 0.261 e. The molecule has 3 aromatic rings. The average molecular weight is 563 g/mol. The second-order valence-corrected chi connectivity index (χ2v) is 12.3. The van der Waals surface area contributed by atoms with Crippen LogP contribution in [0.4, 0.5) is 5.69 Å². The molecule has 1 heterocycles. The third-order valence-corrected chi connectivity index (χ3v) is 9.12. The number of sulfonamides is 1. The average Bonchev–Trinajstić information content (AvgIpc) is 3.52. The summed E-state index contributed by atoms with van der Waals surface area (Å²) in [5, 5.41) is 9.49. The Morgan fingerprint density at radius 3 is 2.40 bits per heavy atom. The van der Waals surface area contributed by atoms with E-state index in [9.17, 15) is 13.5 Å². The molecule has 1 saturated heterocycles. The van der Waals surface area contributed by atoms with Crippen LogP contribution in [0.2, 0.25) is 0 Å².